The average molecular weight is 454 g/mol. The van der Waals surface area contributed by atoms with E-state index in [0.717, 1.165) is 23.1 Å². The summed E-state index contributed by atoms with van der Waals surface area (Å²) in [5, 5.41) is 0.822. The van der Waals surface area contributed by atoms with Gasteiger partial charge >= 0.3 is 0 Å². The minimum absolute atomic E-state index is 0.100. The normalized spacial score (nSPS) is 19.3. The molecule has 3 aromatic rings. The lowest BCUT2D eigenvalue weighted by Gasteiger charge is -2.34. The highest BCUT2D eigenvalue weighted by atomic mass is 32.2. The summed E-state index contributed by atoms with van der Waals surface area (Å²) < 4.78 is 28.5. The van der Waals surface area contributed by atoms with Gasteiger partial charge in [0, 0.05) is 67.2 Å². The van der Waals surface area contributed by atoms with E-state index in [1.807, 2.05) is 11.0 Å². The third kappa shape index (κ3) is 3.49. The minimum atomic E-state index is -3.67. The molecule has 9 heteroatoms. The molecule has 0 unspecified atom stereocenters. The Bertz CT molecular complexity index is 1310. The van der Waals surface area contributed by atoms with Crippen LogP contribution < -0.4 is 4.90 Å². The van der Waals surface area contributed by atoms with Gasteiger partial charge < -0.3 is 9.88 Å². The van der Waals surface area contributed by atoms with Crippen molar-refractivity contribution in [3.8, 4) is 0 Å². The van der Waals surface area contributed by atoms with Crippen LogP contribution >= 0.6 is 0 Å². The number of benzene rings is 1. The number of rotatable bonds is 3. The van der Waals surface area contributed by atoms with Crippen LogP contribution in [0.15, 0.2) is 35.5 Å². The monoisotopic (exact) mass is 453 g/mol. The van der Waals surface area contributed by atoms with Crippen LogP contribution in [0.4, 0.5) is 5.95 Å². The second-order valence-corrected chi connectivity index (χ2v) is 11.4. The molecule has 32 heavy (non-hydrogen) atoms. The molecule has 1 fully saturated rings. The number of H-pyrrole nitrogens is 1. The van der Waals surface area contributed by atoms with E-state index in [1.165, 1.54) is 4.31 Å². The number of fused-ring (bicyclic) bond motifs is 3. The number of carbonyl (C=O) groups is 1. The third-order valence-corrected chi connectivity index (χ3v) is 8.48. The van der Waals surface area contributed by atoms with Crippen molar-refractivity contribution in [1.29, 1.82) is 0 Å². The Hall–Kier alpha value is -2.78. The molecule has 1 N–H and O–H groups in total. The van der Waals surface area contributed by atoms with Gasteiger partial charge in [-0.1, -0.05) is 13.8 Å². The number of Topliss-reactive ketones (excluding diaryl/α,β-unsaturated/α-hetero) is 1. The molecule has 0 bridgehead atoms. The summed E-state index contributed by atoms with van der Waals surface area (Å²) >= 11 is 0. The third-order valence-electron chi connectivity index (χ3n) is 6.44. The van der Waals surface area contributed by atoms with Crippen molar-refractivity contribution in [3.05, 3.63) is 47.4 Å². The SMILES string of the molecule is Cc1cc2c3c([nH]c2cc1S(=O)(=O)N1CCN(c2ncccn2)CC1)CC(C)(C)CC3=O. The lowest BCUT2D eigenvalue weighted by Crippen LogP contribution is -2.49. The number of aromatic nitrogens is 3. The first kappa shape index (κ1) is 21.1. The predicted molar refractivity (Wildman–Crippen MR) is 122 cm³/mol. The molecule has 0 atom stereocenters. The maximum absolute atomic E-state index is 13.5. The number of ketones is 1. The number of hydrogen-bond acceptors (Lipinski definition) is 6. The van der Waals surface area contributed by atoms with Gasteiger partial charge in [0.1, 0.15) is 0 Å². The molecule has 5 rings (SSSR count). The van der Waals surface area contributed by atoms with Gasteiger partial charge in [-0.15, -0.1) is 0 Å². The van der Waals surface area contributed by atoms with E-state index in [2.05, 4.69) is 28.8 Å². The lowest BCUT2D eigenvalue weighted by molar-refractivity contribution is 0.0913. The molecular formula is C23H27N5O3S. The van der Waals surface area contributed by atoms with Crippen LogP contribution in [0, 0.1) is 12.3 Å². The van der Waals surface area contributed by atoms with E-state index in [-0.39, 0.29) is 11.2 Å². The van der Waals surface area contributed by atoms with E-state index in [4.69, 9.17) is 0 Å². The molecule has 1 aliphatic heterocycles. The lowest BCUT2D eigenvalue weighted by atomic mass is 9.76. The standard InChI is InChI=1S/C23H27N5O3S/c1-15-11-16-17(26-18-13-23(2,3)14-19(29)21(16)18)12-20(15)32(30,31)28-9-7-27(8-10-28)22-24-5-4-6-25-22/h4-6,11-12,26H,7-10,13-14H2,1-3H3. The molecule has 0 saturated carbocycles. The first-order chi connectivity index (χ1) is 15.2. The maximum Gasteiger partial charge on any atom is 0.243 e. The summed E-state index contributed by atoms with van der Waals surface area (Å²) in [5.41, 5.74) is 2.90. The first-order valence-electron chi connectivity index (χ1n) is 10.9. The van der Waals surface area contributed by atoms with E-state index < -0.39 is 10.0 Å². The quantitative estimate of drug-likeness (QED) is 0.655. The number of anilines is 1. The second kappa shape index (κ2) is 7.38. The number of carbonyl (C=O) groups excluding carboxylic acids is 1. The number of aryl methyl sites for hydroxylation is 1. The summed E-state index contributed by atoms with van der Waals surface area (Å²) in [6.07, 6.45) is 4.65. The Labute approximate surface area is 187 Å². The van der Waals surface area contributed by atoms with Crippen molar-refractivity contribution in [2.75, 3.05) is 31.1 Å². The van der Waals surface area contributed by atoms with Crippen molar-refractivity contribution in [3.63, 3.8) is 0 Å². The number of aromatic amines is 1. The van der Waals surface area contributed by atoms with E-state index >= 15 is 0 Å². The summed E-state index contributed by atoms with van der Waals surface area (Å²) in [5.74, 6) is 0.739. The zero-order chi connectivity index (χ0) is 22.7. The number of nitrogens with zero attached hydrogens (tertiary/aromatic N) is 4. The van der Waals surface area contributed by atoms with Gasteiger partial charge in [-0.25, -0.2) is 18.4 Å². The molecule has 2 aliphatic rings. The maximum atomic E-state index is 13.5. The zero-order valence-corrected chi connectivity index (χ0v) is 19.4. The van der Waals surface area contributed by atoms with Gasteiger partial charge in [0.25, 0.3) is 0 Å². The van der Waals surface area contributed by atoms with Crippen LogP contribution in [0.5, 0.6) is 0 Å². The highest BCUT2D eigenvalue weighted by molar-refractivity contribution is 7.89. The van der Waals surface area contributed by atoms with Gasteiger partial charge in [-0.3, -0.25) is 4.79 Å². The zero-order valence-electron chi connectivity index (χ0n) is 18.6. The number of nitrogens with one attached hydrogen (secondary N) is 1. The predicted octanol–water partition coefficient (Wildman–Crippen LogP) is 2.93. The Morgan fingerprint density at radius 2 is 1.72 bits per heavy atom. The summed E-state index contributed by atoms with van der Waals surface area (Å²) in [7, 11) is -3.67. The highest BCUT2D eigenvalue weighted by Gasteiger charge is 2.35. The number of hydrogen-bond donors (Lipinski definition) is 1. The van der Waals surface area contributed by atoms with Crippen LogP contribution in [0.3, 0.4) is 0 Å². The van der Waals surface area contributed by atoms with Crippen molar-refractivity contribution >= 4 is 32.7 Å². The molecule has 1 aliphatic carbocycles. The molecule has 2 aromatic heterocycles. The van der Waals surface area contributed by atoms with Crippen molar-refractivity contribution in [1.82, 2.24) is 19.3 Å². The molecule has 8 nitrogen and oxygen atoms in total. The van der Waals surface area contributed by atoms with E-state index in [1.54, 1.807) is 31.5 Å². The van der Waals surface area contributed by atoms with Gasteiger partial charge in [-0.2, -0.15) is 4.31 Å². The molecule has 1 aromatic carbocycles. The van der Waals surface area contributed by atoms with E-state index in [9.17, 15) is 13.2 Å². The summed E-state index contributed by atoms with van der Waals surface area (Å²) in [6.45, 7) is 7.77. The number of sulfonamides is 1. The molecule has 0 amide bonds. The van der Waals surface area contributed by atoms with Crippen molar-refractivity contribution in [2.45, 2.75) is 38.5 Å². The van der Waals surface area contributed by atoms with E-state index in [0.29, 0.717) is 54.5 Å². The molecule has 3 heterocycles. The smallest absolute Gasteiger partial charge is 0.243 e. The fraction of sp³-hybridized carbons (Fsp3) is 0.435. The highest BCUT2D eigenvalue weighted by Crippen LogP contribution is 2.39. The van der Waals surface area contributed by atoms with Crippen LogP contribution in [0.2, 0.25) is 0 Å². The van der Waals surface area contributed by atoms with Gasteiger partial charge in [0.15, 0.2) is 5.78 Å². The topological polar surface area (TPSA) is 99.3 Å². The number of piperazine rings is 1. The average Bonchev–Trinajstić information content (AvgIpc) is 3.09. The molecule has 168 valence electrons. The Morgan fingerprint density at radius 1 is 1.03 bits per heavy atom. The van der Waals surface area contributed by atoms with Gasteiger partial charge in [0.05, 0.1) is 4.90 Å². The fourth-order valence-corrected chi connectivity index (χ4v) is 6.56. The minimum Gasteiger partial charge on any atom is -0.358 e. The van der Waals surface area contributed by atoms with Crippen LogP contribution in [-0.2, 0) is 16.4 Å². The van der Waals surface area contributed by atoms with Gasteiger partial charge in [0.2, 0.25) is 16.0 Å². The van der Waals surface area contributed by atoms with Gasteiger partial charge in [-0.05, 0) is 42.5 Å². The molecule has 1 saturated heterocycles. The van der Waals surface area contributed by atoms with Crippen LogP contribution in [-0.4, -0.2) is 59.6 Å². The molecule has 0 spiro atoms. The van der Waals surface area contributed by atoms with Crippen LogP contribution in [0.1, 0.15) is 41.9 Å². The molecule has 0 radical (unpaired) electrons. The largest absolute Gasteiger partial charge is 0.358 e. The summed E-state index contributed by atoms with van der Waals surface area (Å²) in [4.78, 5) is 27.0. The Morgan fingerprint density at radius 3 is 2.41 bits per heavy atom. The second-order valence-electron chi connectivity index (χ2n) is 9.52. The fourth-order valence-electron chi connectivity index (χ4n) is 4.90. The first-order valence-corrected chi connectivity index (χ1v) is 12.3. The Balaban J connectivity index is 1.45. The Kier molecular flexibility index (Phi) is 4.86. The van der Waals surface area contributed by atoms with Crippen molar-refractivity contribution < 1.29 is 13.2 Å². The molecular weight excluding hydrogens is 426 g/mol. The summed E-state index contributed by atoms with van der Waals surface area (Å²) in [6, 6.07) is 5.31. The van der Waals surface area contributed by atoms with Crippen molar-refractivity contribution in [2.24, 2.45) is 5.41 Å². The van der Waals surface area contributed by atoms with Crippen LogP contribution in [0.25, 0.3) is 10.9 Å².